The molecule has 0 saturated heterocycles. The van der Waals surface area contributed by atoms with Crippen molar-refractivity contribution in [3.8, 4) is 0 Å². The number of aliphatic hydroxyl groups excluding tert-OH is 1. The molecule has 4 nitrogen and oxygen atoms in total. The Morgan fingerprint density at radius 3 is 2.58 bits per heavy atom. The second kappa shape index (κ2) is 8.67. The van der Waals surface area contributed by atoms with Gasteiger partial charge in [0, 0.05) is 24.2 Å². The average molecular weight is 330 g/mol. The highest BCUT2D eigenvalue weighted by Crippen LogP contribution is 2.45. The highest BCUT2D eigenvalue weighted by atomic mass is 16.5. The zero-order valence-electron chi connectivity index (χ0n) is 14.4. The maximum atomic E-state index is 12.3. The van der Waals surface area contributed by atoms with Crippen LogP contribution in [-0.4, -0.2) is 24.0 Å². The Labute approximate surface area is 143 Å². The summed E-state index contributed by atoms with van der Waals surface area (Å²) < 4.78 is 5.12. The molecule has 0 unspecified atom stereocenters. The molecule has 0 fully saturated rings. The highest BCUT2D eigenvalue weighted by Gasteiger charge is 2.41. The lowest BCUT2D eigenvalue weighted by Crippen LogP contribution is -2.34. The summed E-state index contributed by atoms with van der Waals surface area (Å²) in [6, 6.07) is 9.73. The molecule has 0 aromatic heterocycles. The molecule has 0 spiro atoms. The quantitative estimate of drug-likeness (QED) is 0.602. The number of allylic oxidation sites excluding steroid dienone is 1. The van der Waals surface area contributed by atoms with Gasteiger partial charge in [0.2, 0.25) is 0 Å². The fraction of sp³-hybridized carbons (Fsp3) is 0.500. The fourth-order valence-electron chi connectivity index (χ4n) is 3.61. The zero-order chi connectivity index (χ0) is 17.5. The van der Waals surface area contributed by atoms with Crippen LogP contribution in [0.2, 0.25) is 0 Å². The van der Waals surface area contributed by atoms with E-state index in [9.17, 15) is 14.7 Å². The van der Waals surface area contributed by atoms with Gasteiger partial charge in [-0.15, -0.1) is 0 Å². The van der Waals surface area contributed by atoms with Gasteiger partial charge in [-0.1, -0.05) is 50.1 Å². The van der Waals surface area contributed by atoms with Crippen molar-refractivity contribution in [3.63, 3.8) is 0 Å². The van der Waals surface area contributed by atoms with Gasteiger partial charge in [0.05, 0.1) is 12.2 Å². The van der Waals surface area contributed by atoms with Crippen LogP contribution in [0.1, 0.15) is 51.0 Å². The number of esters is 1. The summed E-state index contributed by atoms with van der Waals surface area (Å²) >= 11 is 0. The summed E-state index contributed by atoms with van der Waals surface area (Å²) in [5.74, 6) is -1.14. The number of ether oxygens (including phenoxy) is 1. The molecule has 2 rings (SSSR count). The summed E-state index contributed by atoms with van der Waals surface area (Å²) in [7, 11) is 0. The lowest BCUT2D eigenvalue weighted by molar-refractivity contribution is -0.140. The predicted octanol–water partition coefficient (Wildman–Crippen LogP) is 4.17. The molecule has 0 amide bonds. The monoisotopic (exact) mass is 330 g/mol. The molecule has 0 heterocycles. The maximum Gasteiger partial charge on any atom is 0.337 e. The predicted molar refractivity (Wildman–Crippen MR) is 92.7 cm³/mol. The van der Waals surface area contributed by atoms with Crippen LogP contribution in [0.25, 0.3) is 0 Å². The van der Waals surface area contributed by atoms with Gasteiger partial charge in [-0.3, -0.25) is 0 Å². The standard InChI is InChI=1S/C20H26O4/c1-3-5-11-15-17(13-21)16(14-9-7-6-8-10-14)12-18(22)19(15)20(23)24-4-2/h6-10,13,15-17,22H,3-5,11-12H2,1-2H3/t15-,16-,17-/m1/s1. The first kappa shape index (κ1) is 18.2. The number of aldehydes is 1. The third-order valence-corrected chi connectivity index (χ3v) is 4.77. The van der Waals surface area contributed by atoms with E-state index < -0.39 is 5.97 Å². The van der Waals surface area contributed by atoms with E-state index >= 15 is 0 Å². The van der Waals surface area contributed by atoms with Crippen LogP contribution < -0.4 is 0 Å². The highest BCUT2D eigenvalue weighted by molar-refractivity contribution is 5.90. The summed E-state index contributed by atoms with van der Waals surface area (Å²) in [6.45, 7) is 4.06. The lowest BCUT2D eigenvalue weighted by Gasteiger charge is -2.36. The molecule has 0 saturated carbocycles. The smallest absolute Gasteiger partial charge is 0.337 e. The van der Waals surface area contributed by atoms with Gasteiger partial charge in [0.15, 0.2) is 0 Å². The van der Waals surface area contributed by atoms with Crippen LogP contribution in [0, 0.1) is 11.8 Å². The van der Waals surface area contributed by atoms with E-state index in [1.807, 2.05) is 30.3 Å². The number of carbonyl (C=O) groups excluding carboxylic acids is 2. The van der Waals surface area contributed by atoms with Gasteiger partial charge in [0.1, 0.15) is 12.0 Å². The van der Waals surface area contributed by atoms with Gasteiger partial charge in [-0.2, -0.15) is 0 Å². The van der Waals surface area contributed by atoms with Crippen molar-refractivity contribution in [1.82, 2.24) is 0 Å². The second-order valence-electron chi connectivity index (χ2n) is 6.26. The van der Waals surface area contributed by atoms with Crippen LogP contribution >= 0.6 is 0 Å². The molecular weight excluding hydrogens is 304 g/mol. The normalized spacial score (nSPS) is 23.8. The summed E-state index contributed by atoms with van der Waals surface area (Å²) in [6.07, 6.45) is 3.80. The SMILES string of the molecule is CCCC[C@H]1C(C(=O)OCC)=C(O)C[C@H](c2ccccc2)[C@@H]1C=O. The van der Waals surface area contributed by atoms with E-state index in [1.54, 1.807) is 6.92 Å². The number of benzene rings is 1. The minimum absolute atomic E-state index is 0.0708. The van der Waals surface area contributed by atoms with Crippen molar-refractivity contribution in [2.24, 2.45) is 11.8 Å². The van der Waals surface area contributed by atoms with Gasteiger partial charge in [0.25, 0.3) is 0 Å². The molecule has 1 aliphatic rings. The lowest BCUT2D eigenvalue weighted by atomic mass is 9.67. The fourth-order valence-corrected chi connectivity index (χ4v) is 3.61. The zero-order valence-corrected chi connectivity index (χ0v) is 14.4. The molecule has 1 N–H and O–H groups in total. The molecule has 1 aromatic rings. The number of hydrogen-bond donors (Lipinski definition) is 1. The maximum absolute atomic E-state index is 12.3. The van der Waals surface area contributed by atoms with E-state index in [0.717, 1.165) is 24.7 Å². The summed E-state index contributed by atoms with van der Waals surface area (Å²) in [5.41, 5.74) is 1.32. The van der Waals surface area contributed by atoms with E-state index in [0.29, 0.717) is 18.4 Å². The van der Waals surface area contributed by atoms with E-state index in [2.05, 4.69) is 6.92 Å². The van der Waals surface area contributed by atoms with Crippen LogP contribution in [-0.2, 0) is 14.3 Å². The van der Waals surface area contributed by atoms with Crippen LogP contribution in [0.3, 0.4) is 0 Å². The molecule has 1 aliphatic carbocycles. The van der Waals surface area contributed by atoms with E-state index in [4.69, 9.17) is 4.74 Å². The van der Waals surface area contributed by atoms with Crippen molar-refractivity contribution in [2.75, 3.05) is 6.61 Å². The summed E-state index contributed by atoms with van der Waals surface area (Å²) in [4.78, 5) is 24.2. The number of unbranched alkanes of at least 4 members (excludes halogenated alkanes) is 1. The van der Waals surface area contributed by atoms with Crippen molar-refractivity contribution in [2.45, 2.75) is 45.4 Å². The number of aliphatic hydroxyl groups is 1. The Kier molecular flexibility index (Phi) is 6.59. The van der Waals surface area contributed by atoms with Gasteiger partial charge >= 0.3 is 5.97 Å². The first-order valence-electron chi connectivity index (χ1n) is 8.73. The van der Waals surface area contributed by atoms with Crippen LogP contribution in [0.5, 0.6) is 0 Å². The molecular formula is C20H26O4. The number of carbonyl (C=O) groups is 2. The Bertz CT molecular complexity index is 591. The van der Waals surface area contributed by atoms with Crippen molar-refractivity contribution < 1.29 is 19.4 Å². The molecule has 24 heavy (non-hydrogen) atoms. The van der Waals surface area contributed by atoms with Gasteiger partial charge in [-0.25, -0.2) is 4.79 Å². The summed E-state index contributed by atoms with van der Waals surface area (Å²) in [5, 5.41) is 10.5. The Morgan fingerprint density at radius 2 is 2.00 bits per heavy atom. The molecule has 3 atom stereocenters. The Balaban J connectivity index is 2.43. The first-order chi connectivity index (χ1) is 11.6. The van der Waals surface area contributed by atoms with E-state index in [1.165, 1.54) is 0 Å². The second-order valence-corrected chi connectivity index (χ2v) is 6.26. The Hall–Kier alpha value is -2.10. The third kappa shape index (κ3) is 3.86. The van der Waals surface area contributed by atoms with Crippen molar-refractivity contribution >= 4 is 12.3 Å². The van der Waals surface area contributed by atoms with Crippen molar-refractivity contribution in [1.29, 1.82) is 0 Å². The molecule has 4 heteroatoms. The molecule has 0 aliphatic heterocycles. The topological polar surface area (TPSA) is 63.6 Å². The van der Waals surface area contributed by atoms with Crippen LogP contribution in [0.4, 0.5) is 0 Å². The van der Waals surface area contributed by atoms with Gasteiger partial charge in [-0.05, 0) is 18.9 Å². The molecule has 130 valence electrons. The van der Waals surface area contributed by atoms with Crippen LogP contribution in [0.15, 0.2) is 41.7 Å². The minimum Gasteiger partial charge on any atom is -0.512 e. The van der Waals surface area contributed by atoms with E-state index in [-0.39, 0.29) is 30.1 Å². The average Bonchev–Trinajstić information content (AvgIpc) is 2.60. The largest absolute Gasteiger partial charge is 0.512 e. The Morgan fingerprint density at radius 1 is 1.29 bits per heavy atom. The minimum atomic E-state index is -0.491. The number of rotatable bonds is 7. The third-order valence-electron chi connectivity index (χ3n) is 4.77. The van der Waals surface area contributed by atoms with Crippen molar-refractivity contribution in [3.05, 3.63) is 47.2 Å². The molecule has 0 bridgehead atoms. The first-order valence-corrected chi connectivity index (χ1v) is 8.73. The molecule has 0 radical (unpaired) electrons. The molecule has 1 aromatic carbocycles. The number of hydrogen-bond acceptors (Lipinski definition) is 4. The van der Waals surface area contributed by atoms with Gasteiger partial charge < -0.3 is 14.6 Å².